The molecule has 2 heterocycles. The Kier molecular flexibility index (Phi) is 10.9. The van der Waals surface area contributed by atoms with E-state index in [0.29, 0.717) is 23.3 Å². The van der Waals surface area contributed by atoms with Crippen LogP contribution in [0.15, 0.2) is 249 Å². The molecule has 0 fully saturated rings. The fourth-order valence-corrected chi connectivity index (χ4v) is 8.29. The Hall–Kier alpha value is -8.93. The smallest absolute Gasteiger partial charge is 0.164 e. The Balaban J connectivity index is 0.943. The maximum Gasteiger partial charge on any atom is 0.164 e. The Labute approximate surface area is 384 Å². The van der Waals surface area contributed by atoms with Crippen molar-refractivity contribution in [2.75, 3.05) is 0 Å². The van der Waals surface area contributed by atoms with Crippen molar-refractivity contribution in [3.05, 3.63) is 249 Å². The molecule has 0 aliphatic heterocycles. The number of rotatable bonds is 10. The third-order valence-corrected chi connectivity index (χ3v) is 11.8. The molecule has 0 amide bonds. The van der Waals surface area contributed by atoms with E-state index in [1.165, 1.54) is 0 Å². The fraction of sp³-hybridized carbons (Fsp3) is 0. The van der Waals surface area contributed by atoms with Gasteiger partial charge in [-0.15, -0.1) is 0 Å². The van der Waals surface area contributed by atoms with Crippen molar-refractivity contribution >= 4 is 0 Å². The zero-order chi connectivity index (χ0) is 44.1. The van der Waals surface area contributed by atoms with Crippen molar-refractivity contribution < 1.29 is 0 Å². The Bertz CT molecular complexity index is 3270. The lowest BCUT2D eigenvalue weighted by atomic mass is 9.97. The number of hydrogen-bond acceptors (Lipinski definition) is 5. The molecule has 0 bridgehead atoms. The lowest BCUT2D eigenvalue weighted by Crippen LogP contribution is -2.00. The summed E-state index contributed by atoms with van der Waals surface area (Å²) in [5, 5.41) is 0. The first-order valence-electron chi connectivity index (χ1n) is 22.1. The van der Waals surface area contributed by atoms with Gasteiger partial charge < -0.3 is 0 Å². The molecule has 0 unspecified atom stereocenters. The summed E-state index contributed by atoms with van der Waals surface area (Å²) < 4.78 is 0. The molecular formula is C61H41N5. The van der Waals surface area contributed by atoms with Gasteiger partial charge in [0.25, 0.3) is 0 Å². The van der Waals surface area contributed by atoms with Crippen LogP contribution < -0.4 is 0 Å². The summed E-state index contributed by atoms with van der Waals surface area (Å²) in [4.78, 5) is 25.5. The second-order valence-corrected chi connectivity index (χ2v) is 16.1. The van der Waals surface area contributed by atoms with Gasteiger partial charge in [-0.25, -0.2) is 24.9 Å². The first-order valence-corrected chi connectivity index (χ1v) is 22.1. The van der Waals surface area contributed by atoms with Gasteiger partial charge in [0.05, 0.1) is 11.4 Å². The molecule has 66 heavy (non-hydrogen) atoms. The number of hydrogen-bond donors (Lipinski definition) is 0. The minimum Gasteiger partial charge on any atom is -0.228 e. The summed E-state index contributed by atoms with van der Waals surface area (Å²) in [6, 6.07) is 85.9. The highest BCUT2D eigenvalue weighted by atomic mass is 15.0. The average Bonchev–Trinajstić information content (AvgIpc) is 3.42. The van der Waals surface area contributed by atoms with Crippen molar-refractivity contribution in [3.63, 3.8) is 0 Å². The summed E-state index contributed by atoms with van der Waals surface area (Å²) in [6.07, 6.45) is 0. The normalized spacial score (nSPS) is 11.0. The van der Waals surface area contributed by atoms with Gasteiger partial charge >= 0.3 is 0 Å². The first kappa shape index (κ1) is 39.9. The van der Waals surface area contributed by atoms with Crippen LogP contribution in [0, 0.1) is 0 Å². The first-order chi connectivity index (χ1) is 32.7. The highest BCUT2D eigenvalue weighted by Gasteiger charge is 2.16. The molecule has 9 aromatic carbocycles. The highest BCUT2D eigenvalue weighted by molar-refractivity contribution is 5.80. The van der Waals surface area contributed by atoms with Gasteiger partial charge in [0.1, 0.15) is 0 Å². The van der Waals surface area contributed by atoms with E-state index in [4.69, 9.17) is 24.9 Å². The second-order valence-electron chi connectivity index (χ2n) is 16.1. The summed E-state index contributed by atoms with van der Waals surface area (Å²) in [7, 11) is 0. The van der Waals surface area contributed by atoms with Gasteiger partial charge in [-0.2, -0.15) is 0 Å². The van der Waals surface area contributed by atoms with Crippen molar-refractivity contribution in [2.45, 2.75) is 0 Å². The average molecular weight is 844 g/mol. The van der Waals surface area contributed by atoms with Gasteiger partial charge in [0, 0.05) is 33.4 Å². The molecule has 0 N–H and O–H groups in total. The van der Waals surface area contributed by atoms with Crippen molar-refractivity contribution in [3.8, 4) is 113 Å². The molecule has 0 saturated carbocycles. The summed E-state index contributed by atoms with van der Waals surface area (Å²) >= 11 is 0. The monoisotopic (exact) mass is 843 g/mol. The van der Waals surface area contributed by atoms with Crippen molar-refractivity contribution in [2.24, 2.45) is 0 Å². The van der Waals surface area contributed by atoms with Crippen LogP contribution in [0.2, 0.25) is 0 Å². The van der Waals surface area contributed by atoms with Gasteiger partial charge in [0.15, 0.2) is 23.3 Å². The molecular weight excluding hydrogens is 803 g/mol. The van der Waals surface area contributed by atoms with Crippen molar-refractivity contribution in [1.82, 2.24) is 24.9 Å². The minimum absolute atomic E-state index is 0.604. The third-order valence-electron chi connectivity index (χ3n) is 11.8. The standard InChI is InChI=1S/C61H41N5/c1-5-16-42(17-6-1)44-30-34-48(35-31-44)58-64-59(49-36-32-45(33-37-49)43-18-7-2-8-19-43)66-61(65-58)55-29-15-27-53(40-55)51-25-13-24-50(38-51)52-26-14-28-54(39-52)60-62-56(46-20-9-3-10-21-46)41-57(63-60)47-22-11-4-12-23-47/h1-41H. The molecule has 0 spiro atoms. The van der Waals surface area contributed by atoms with Crippen LogP contribution in [0.5, 0.6) is 0 Å². The van der Waals surface area contributed by atoms with E-state index in [1.54, 1.807) is 0 Å². The van der Waals surface area contributed by atoms with Crippen molar-refractivity contribution in [1.29, 1.82) is 0 Å². The highest BCUT2D eigenvalue weighted by Crippen LogP contribution is 2.34. The largest absolute Gasteiger partial charge is 0.228 e. The second kappa shape index (κ2) is 18.0. The molecule has 0 aliphatic rings. The van der Waals surface area contributed by atoms with Crippen LogP contribution >= 0.6 is 0 Å². The lowest BCUT2D eigenvalue weighted by molar-refractivity contribution is 1.07. The third kappa shape index (κ3) is 8.57. The van der Waals surface area contributed by atoms with Crippen LogP contribution in [0.1, 0.15) is 0 Å². The molecule has 11 aromatic rings. The predicted octanol–water partition coefficient (Wildman–Crippen LogP) is 15.3. The van der Waals surface area contributed by atoms with Crippen LogP contribution in [0.3, 0.4) is 0 Å². The van der Waals surface area contributed by atoms with E-state index in [0.717, 1.165) is 89.3 Å². The maximum atomic E-state index is 5.12. The summed E-state index contributed by atoms with van der Waals surface area (Å²) in [5.41, 5.74) is 16.4. The van der Waals surface area contributed by atoms with E-state index >= 15 is 0 Å². The predicted molar refractivity (Wildman–Crippen MR) is 270 cm³/mol. The van der Waals surface area contributed by atoms with Crippen LogP contribution in [0.25, 0.3) is 113 Å². The molecule has 0 atom stereocenters. The SMILES string of the molecule is c1ccc(-c2ccc(-c3nc(-c4ccc(-c5ccccc5)cc4)nc(-c4cccc(-c5cccc(-c6cccc(-c7nc(-c8ccccc8)cc(-c8ccccc8)n7)c6)c5)c4)n3)cc2)cc1. The summed E-state index contributed by atoms with van der Waals surface area (Å²) in [6.45, 7) is 0. The molecule has 5 nitrogen and oxygen atoms in total. The van der Waals surface area contributed by atoms with Crippen LogP contribution in [0.4, 0.5) is 0 Å². The number of nitrogens with zero attached hydrogens (tertiary/aromatic N) is 5. The van der Waals surface area contributed by atoms with E-state index in [-0.39, 0.29) is 0 Å². The van der Waals surface area contributed by atoms with E-state index in [2.05, 4.69) is 200 Å². The van der Waals surface area contributed by atoms with E-state index in [9.17, 15) is 0 Å². The van der Waals surface area contributed by atoms with Crippen LogP contribution in [-0.4, -0.2) is 24.9 Å². The molecule has 0 aliphatic carbocycles. The fourth-order valence-electron chi connectivity index (χ4n) is 8.29. The van der Waals surface area contributed by atoms with E-state index < -0.39 is 0 Å². The zero-order valence-electron chi connectivity index (χ0n) is 35.9. The van der Waals surface area contributed by atoms with E-state index in [1.807, 2.05) is 48.5 Å². The molecule has 0 radical (unpaired) electrons. The zero-order valence-corrected chi connectivity index (χ0v) is 35.9. The van der Waals surface area contributed by atoms with Gasteiger partial charge in [-0.05, 0) is 68.8 Å². The molecule has 310 valence electrons. The maximum absolute atomic E-state index is 5.12. The Morgan fingerprint density at radius 3 is 0.758 bits per heavy atom. The summed E-state index contributed by atoms with van der Waals surface area (Å²) in [5.74, 6) is 2.51. The molecule has 0 saturated heterocycles. The Morgan fingerprint density at radius 2 is 0.394 bits per heavy atom. The van der Waals surface area contributed by atoms with Gasteiger partial charge in [-0.3, -0.25) is 0 Å². The Morgan fingerprint density at radius 1 is 0.152 bits per heavy atom. The lowest BCUT2D eigenvalue weighted by Gasteiger charge is -2.12. The number of aromatic nitrogens is 5. The number of benzene rings is 9. The topological polar surface area (TPSA) is 64.5 Å². The molecule has 11 rings (SSSR count). The minimum atomic E-state index is 0.604. The van der Waals surface area contributed by atoms with Gasteiger partial charge in [0.2, 0.25) is 0 Å². The molecule has 2 aromatic heterocycles. The quantitative estimate of drug-likeness (QED) is 0.137. The molecule has 5 heteroatoms. The van der Waals surface area contributed by atoms with Gasteiger partial charge in [-0.1, -0.05) is 224 Å². The van der Waals surface area contributed by atoms with Crippen LogP contribution in [-0.2, 0) is 0 Å².